The Morgan fingerprint density at radius 3 is 2.64 bits per heavy atom. The van der Waals surface area contributed by atoms with Gasteiger partial charge in [-0.05, 0) is 61.8 Å². The zero-order valence-corrected chi connectivity index (χ0v) is 20.6. The van der Waals surface area contributed by atoms with Crippen LogP contribution in [0, 0.1) is 5.82 Å². The Balaban J connectivity index is 1.50. The van der Waals surface area contributed by atoms with Crippen molar-refractivity contribution in [2.45, 2.75) is 31.3 Å². The van der Waals surface area contributed by atoms with E-state index in [1.807, 2.05) is 0 Å². The minimum Gasteiger partial charge on any atom is -0.367 e. The van der Waals surface area contributed by atoms with Crippen LogP contribution in [-0.4, -0.2) is 60.7 Å². The third kappa shape index (κ3) is 4.97. The molecule has 190 valence electrons. The third-order valence-electron chi connectivity index (χ3n) is 6.68. The van der Waals surface area contributed by atoms with Crippen LogP contribution in [0.4, 0.5) is 10.1 Å². The number of nitrogens with one attached hydrogen (secondary N) is 3. The normalized spacial score (nSPS) is 21.8. The van der Waals surface area contributed by atoms with E-state index in [4.69, 9.17) is 17.3 Å². The van der Waals surface area contributed by atoms with Gasteiger partial charge in [-0.1, -0.05) is 30.7 Å². The van der Waals surface area contributed by atoms with E-state index in [-0.39, 0.29) is 29.0 Å². The number of likely N-dealkylation sites (N-methyl/N-ethyl adjacent to an activating group) is 1. The number of hydrogen-bond acceptors (Lipinski definition) is 6. The van der Waals surface area contributed by atoms with Gasteiger partial charge in [0.15, 0.2) is 5.54 Å². The number of nitrogens with two attached hydrogens (primary N) is 1. The summed E-state index contributed by atoms with van der Waals surface area (Å²) in [6, 6.07) is 10.1. The van der Waals surface area contributed by atoms with Crippen molar-refractivity contribution >= 4 is 40.7 Å². The lowest BCUT2D eigenvalue weighted by Crippen LogP contribution is -2.59. The first kappa shape index (κ1) is 25.7. The SMILES string of the molecule is CCN1CCC[C@H]1CNC(=O)C1=NCNC1(C(N)=O)c1ccc(NC(=O)c2ccc(F)cc2Cl)cc1. The number of anilines is 1. The number of likely N-dealkylation sites (tertiary alicyclic amines) is 1. The number of carbonyl (C=O) groups is 3. The molecule has 3 amide bonds. The van der Waals surface area contributed by atoms with Gasteiger partial charge in [-0.3, -0.25) is 29.6 Å². The molecule has 9 nitrogen and oxygen atoms in total. The highest BCUT2D eigenvalue weighted by molar-refractivity contribution is 6.47. The summed E-state index contributed by atoms with van der Waals surface area (Å²) in [5.74, 6) is -2.29. The van der Waals surface area contributed by atoms with Gasteiger partial charge >= 0.3 is 0 Å². The number of aliphatic imine (C=N–C) groups is 1. The highest BCUT2D eigenvalue weighted by Crippen LogP contribution is 2.29. The molecule has 2 aromatic rings. The smallest absolute Gasteiger partial charge is 0.268 e. The van der Waals surface area contributed by atoms with Gasteiger partial charge in [-0.25, -0.2) is 4.39 Å². The predicted molar refractivity (Wildman–Crippen MR) is 135 cm³/mol. The van der Waals surface area contributed by atoms with Crippen LogP contribution >= 0.6 is 11.6 Å². The number of carbonyl (C=O) groups excluding carboxylic acids is 3. The molecular formula is C25H28ClFN6O3. The van der Waals surface area contributed by atoms with Gasteiger partial charge in [0.1, 0.15) is 11.5 Å². The average Bonchev–Trinajstić information content (AvgIpc) is 3.50. The van der Waals surface area contributed by atoms with E-state index in [1.165, 1.54) is 6.07 Å². The van der Waals surface area contributed by atoms with Crippen molar-refractivity contribution in [3.8, 4) is 0 Å². The molecule has 4 rings (SSSR count). The second-order valence-corrected chi connectivity index (χ2v) is 9.15. The third-order valence-corrected chi connectivity index (χ3v) is 6.99. The number of benzene rings is 2. The highest BCUT2D eigenvalue weighted by Gasteiger charge is 2.49. The summed E-state index contributed by atoms with van der Waals surface area (Å²) >= 11 is 5.97. The van der Waals surface area contributed by atoms with Gasteiger partial charge in [0.05, 0.1) is 17.3 Å². The number of primary amides is 1. The molecular weight excluding hydrogens is 487 g/mol. The monoisotopic (exact) mass is 514 g/mol. The topological polar surface area (TPSA) is 129 Å². The van der Waals surface area contributed by atoms with Crippen molar-refractivity contribution in [2.75, 3.05) is 31.6 Å². The highest BCUT2D eigenvalue weighted by atomic mass is 35.5. The van der Waals surface area contributed by atoms with Crippen LogP contribution in [0.5, 0.6) is 0 Å². The fourth-order valence-corrected chi connectivity index (χ4v) is 5.03. The first-order valence-corrected chi connectivity index (χ1v) is 12.1. The average molecular weight is 515 g/mol. The van der Waals surface area contributed by atoms with Crippen molar-refractivity contribution in [3.05, 3.63) is 64.4 Å². The number of amides is 3. The van der Waals surface area contributed by atoms with Gasteiger partial charge in [0.2, 0.25) is 5.91 Å². The molecule has 2 aromatic carbocycles. The number of hydrogen-bond donors (Lipinski definition) is 4. The van der Waals surface area contributed by atoms with E-state index >= 15 is 0 Å². The molecule has 0 aliphatic carbocycles. The van der Waals surface area contributed by atoms with E-state index < -0.39 is 29.1 Å². The van der Waals surface area contributed by atoms with Crippen LogP contribution in [0.3, 0.4) is 0 Å². The maximum absolute atomic E-state index is 13.3. The molecule has 0 saturated carbocycles. The Kier molecular flexibility index (Phi) is 7.67. The minimum atomic E-state index is -1.60. The second-order valence-electron chi connectivity index (χ2n) is 8.75. The first-order valence-electron chi connectivity index (χ1n) is 11.7. The van der Waals surface area contributed by atoms with E-state index in [2.05, 4.69) is 32.8 Å². The van der Waals surface area contributed by atoms with Crippen molar-refractivity contribution in [2.24, 2.45) is 10.7 Å². The lowest BCUT2D eigenvalue weighted by Gasteiger charge is -2.29. The quantitative estimate of drug-likeness (QED) is 0.428. The lowest BCUT2D eigenvalue weighted by molar-refractivity contribution is -0.123. The van der Waals surface area contributed by atoms with Crippen LogP contribution in [0.15, 0.2) is 47.5 Å². The maximum atomic E-state index is 13.3. The molecule has 2 aliphatic heterocycles. The molecule has 36 heavy (non-hydrogen) atoms. The summed E-state index contributed by atoms with van der Waals surface area (Å²) in [6.07, 6.45) is 2.08. The zero-order valence-electron chi connectivity index (χ0n) is 19.8. The molecule has 2 heterocycles. The summed E-state index contributed by atoms with van der Waals surface area (Å²) in [5, 5.41) is 8.55. The molecule has 2 atom stereocenters. The Labute approximate surface area is 213 Å². The van der Waals surface area contributed by atoms with Gasteiger partial charge in [0.25, 0.3) is 11.8 Å². The fourth-order valence-electron chi connectivity index (χ4n) is 4.78. The Morgan fingerprint density at radius 1 is 1.22 bits per heavy atom. The summed E-state index contributed by atoms with van der Waals surface area (Å²) in [6.45, 7) is 4.50. The van der Waals surface area contributed by atoms with Crippen LogP contribution in [0.25, 0.3) is 0 Å². The Hall–Kier alpha value is -3.34. The molecule has 0 aromatic heterocycles. The molecule has 0 radical (unpaired) electrons. The van der Waals surface area contributed by atoms with Crippen LogP contribution in [0.2, 0.25) is 5.02 Å². The van der Waals surface area contributed by atoms with Crippen molar-refractivity contribution in [1.29, 1.82) is 0 Å². The largest absolute Gasteiger partial charge is 0.367 e. The van der Waals surface area contributed by atoms with Gasteiger partial charge in [-0.15, -0.1) is 0 Å². The van der Waals surface area contributed by atoms with Crippen LogP contribution in [-0.2, 0) is 15.1 Å². The summed E-state index contributed by atoms with van der Waals surface area (Å²) in [5.41, 5.74) is 5.13. The van der Waals surface area contributed by atoms with E-state index in [9.17, 15) is 18.8 Å². The molecule has 0 spiro atoms. The molecule has 1 saturated heterocycles. The van der Waals surface area contributed by atoms with Gasteiger partial charge < -0.3 is 16.4 Å². The first-order chi connectivity index (χ1) is 17.3. The second kappa shape index (κ2) is 10.7. The van der Waals surface area contributed by atoms with Crippen LogP contribution < -0.4 is 21.7 Å². The predicted octanol–water partition coefficient (Wildman–Crippen LogP) is 2.01. The molecule has 5 N–H and O–H groups in total. The molecule has 11 heteroatoms. The molecule has 1 fully saturated rings. The molecule has 2 aliphatic rings. The number of rotatable bonds is 8. The molecule has 1 unspecified atom stereocenters. The minimum absolute atomic E-state index is 0.00549. The Bertz CT molecular complexity index is 1200. The standard InChI is InChI=1S/C25H28ClFN6O3/c1-2-33-11-3-4-18(33)13-29-23(35)21-25(24(28)36,31-14-30-21)15-5-8-17(9-6-15)32-22(34)19-10-7-16(27)12-20(19)26/h5-10,12,18,31H,2-4,11,13-14H2,1H3,(H2,28,36)(H,29,35)(H,32,34)/t18-,25?/m0/s1. The van der Waals surface area contributed by atoms with E-state index in [0.717, 1.165) is 38.1 Å². The van der Waals surface area contributed by atoms with Gasteiger partial charge in [0, 0.05) is 18.3 Å². The van der Waals surface area contributed by atoms with Crippen molar-refractivity contribution in [1.82, 2.24) is 15.5 Å². The maximum Gasteiger partial charge on any atom is 0.268 e. The summed E-state index contributed by atoms with van der Waals surface area (Å²) in [4.78, 5) is 44.9. The Morgan fingerprint density at radius 2 is 1.97 bits per heavy atom. The number of halogens is 2. The van der Waals surface area contributed by atoms with Crippen molar-refractivity contribution in [3.63, 3.8) is 0 Å². The van der Waals surface area contributed by atoms with Crippen LogP contribution in [0.1, 0.15) is 35.7 Å². The lowest BCUT2D eigenvalue weighted by atomic mass is 9.84. The fraction of sp³-hybridized carbons (Fsp3) is 0.360. The van der Waals surface area contributed by atoms with Gasteiger partial charge in [-0.2, -0.15) is 0 Å². The summed E-state index contributed by atoms with van der Waals surface area (Å²) in [7, 11) is 0. The van der Waals surface area contributed by atoms with Crippen molar-refractivity contribution < 1.29 is 18.8 Å². The summed E-state index contributed by atoms with van der Waals surface area (Å²) < 4.78 is 13.3. The van der Waals surface area contributed by atoms with E-state index in [0.29, 0.717) is 17.8 Å². The van der Waals surface area contributed by atoms with E-state index in [1.54, 1.807) is 24.3 Å². The zero-order chi connectivity index (χ0) is 25.9. The number of nitrogens with zero attached hydrogens (tertiary/aromatic N) is 2. The molecule has 0 bridgehead atoms.